The number of nitrogens with zero attached hydrogens (tertiary/aromatic N) is 4. The van der Waals surface area contributed by atoms with E-state index in [0.29, 0.717) is 17.1 Å². The van der Waals surface area contributed by atoms with Gasteiger partial charge in [-0.1, -0.05) is 0 Å². The van der Waals surface area contributed by atoms with Crippen molar-refractivity contribution in [1.29, 1.82) is 0 Å². The Morgan fingerprint density at radius 1 is 1.39 bits per heavy atom. The molecule has 1 amide bonds. The van der Waals surface area contributed by atoms with E-state index < -0.39 is 25.0 Å². The smallest absolute Gasteiger partial charge is 0.351 e. The number of thiophene rings is 1. The molecular formula is C17H15F3N6OS. The molecule has 4 heterocycles. The molecule has 146 valence electrons. The number of halogens is 3. The number of amides is 1. The van der Waals surface area contributed by atoms with Crippen LogP contribution in [0.1, 0.15) is 27.6 Å². The third-order valence-corrected chi connectivity index (χ3v) is 5.22. The van der Waals surface area contributed by atoms with E-state index in [2.05, 4.69) is 25.9 Å². The fourth-order valence-electron chi connectivity index (χ4n) is 2.84. The van der Waals surface area contributed by atoms with Crippen LogP contribution in [0, 0.1) is 0 Å². The Balaban J connectivity index is 1.51. The number of hydrazone groups is 1. The second kappa shape index (κ2) is 7.23. The topological polar surface area (TPSA) is 83.7 Å². The van der Waals surface area contributed by atoms with Crippen molar-refractivity contribution in [1.82, 2.24) is 25.3 Å². The summed E-state index contributed by atoms with van der Waals surface area (Å²) in [4.78, 5) is 16.9. The van der Waals surface area contributed by atoms with E-state index in [9.17, 15) is 18.0 Å². The number of hydrogen-bond donors (Lipinski definition) is 2. The first-order valence-electron chi connectivity index (χ1n) is 8.44. The van der Waals surface area contributed by atoms with E-state index in [-0.39, 0.29) is 5.92 Å². The van der Waals surface area contributed by atoms with Crippen LogP contribution in [0.4, 0.5) is 13.2 Å². The molecule has 0 aliphatic carbocycles. The number of carbonyl (C=O) groups excluding carboxylic acids is 1. The van der Waals surface area contributed by atoms with E-state index in [0.717, 1.165) is 28.0 Å². The minimum absolute atomic E-state index is 0.137. The van der Waals surface area contributed by atoms with Crippen LogP contribution >= 0.6 is 11.3 Å². The molecule has 0 saturated carbocycles. The normalized spacial score (nSPS) is 16.5. The Morgan fingerprint density at radius 3 is 3.00 bits per heavy atom. The molecule has 0 aromatic carbocycles. The molecule has 1 aliphatic rings. The molecule has 4 rings (SSSR count). The Morgan fingerprint density at radius 2 is 2.25 bits per heavy atom. The van der Waals surface area contributed by atoms with E-state index in [4.69, 9.17) is 0 Å². The summed E-state index contributed by atoms with van der Waals surface area (Å²) >= 11 is 1.16. The predicted octanol–water partition coefficient (Wildman–Crippen LogP) is 2.81. The molecule has 0 spiro atoms. The van der Waals surface area contributed by atoms with Gasteiger partial charge in [-0.05, 0) is 22.6 Å². The molecule has 1 atom stereocenters. The number of rotatable bonds is 5. The van der Waals surface area contributed by atoms with Gasteiger partial charge in [-0.3, -0.25) is 4.79 Å². The first kappa shape index (κ1) is 18.4. The van der Waals surface area contributed by atoms with Gasteiger partial charge in [-0.2, -0.15) is 23.4 Å². The first-order chi connectivity index (χ1) is 13.4. The minimum atomic E-state index is -4.30. The highest BCUT2D eigenvalue weighted by atomic mass is 32.1. The van der Waals surface area contributed by atoms with Crippen LogP contribution in [0.3, 0.4) is 0 Å². The van der Waals surface area contributed by atoms with Crippen molar-refractivity contribution in [3.63, 3.8) is 0 Å². The van der Waals surface area contributed by atoms with E-state index in [1.165, 1.54) is 0 Å². The molecule has 1 unspecified atom stereocenters. The molecule has 1 aliphatic heterocycles. The molecular weight excluding hydrogens is 393 g/mol. The maximum Gasteiger partial charge on any atom is 0.390 e. The SMILES string of the molecule is O=C(NCCC(F)(F)F)c1cc(-c2cnn3cc(C4C=NNC4)cnc23)cs1. The Hall–Kier alpha value is -2.95. The standard InChI is InChI=1S/C17H15F3N6OS/c18-17(19,20)1-2-21-16(27)14-3-10(9-28-14)13-7-25-26-8-12(4-22-15(13)26)11-5-23-24-6-11/h3-5,7-9,11,24H,1-2,6H2,(H,21,27). The lowest BCUT2D eigenvalue weighted by atomic mass is 10.1. The quantitative estimate of drug-likeness (QED) is 0.680. The Kier molecular flexibility index (Phi) is 4.75. The lowest BCUT2D eigenvalue weighted by Gasteiger charge is -2.06. The summed E-state index contributed by atoms with van der Waals surface area (Å²) in [6.45, 7) is 0.259. The number of alkyl halides is 3. The van der Waals surface area contributed by atoms with Crippen LogP contribution in [0.15, 0.2) is 35.1 Å². The highest BCUT2D eigenvalue weighted by molar-refractivity contribution is 7.12. The average Bonchev–Trinajstić information content (AvgIpc) is 3.39. The highest BCUT2D eigenvalue weighted by Gasteiger charge is 2.26. The van der Waals surface area contributed by atoms with Gasteiger partial charge in [0.05, 0.1) is 17.5 Å². The lowest BCUT2D eigenvalue weighted by Crippen LogP contribution is -2.27. The molecule has 0 saturated heterocycles. The van der Waals surface area contributed by atoms with Gasteiger partial charge in [-0.25, -0.2) is 9.50 Å². The second-order valence-corrected chi connectivity index (χ2v) is 7.19. The zero-order valence-electron chi connectivity index (χ0n) is 14.4. The van der Waals surface area contributed by atoms with Crippen molar-refractivity contribution in [3.8, 4) is 11.1 Å². The zero-order valence-corrected chi connectivity index (χ0v) is 15.2. The molecule has 3 aromatic heterocycles. The second-order valence-electron chi connectivity index (χ2n) is 6.28. The summed E-state index contributed by atoms with van der Waals surface area (Å²) in [7, 11) is 0. The number of nitrogens with one attached hydrogen (secondary N) is 2. The van der Waals surface area contributed by atoms with Crippen LogP contribution in [0.5, 0.6) is 0 Å². The van der Waals surface area contributed by atoms with Crippen molar-refractivity contribution < 1.29 is 18.0 Å². The van der Waals surface area contributed by atoms with Gasteiger partial charge in [0.2, 0.25) is 0 Å². The van der Waals surface area contributed by atoms with Gasteiger partial charge >= 0.3 is 6.18 Å². The third-order valence-electron chi connectivity index (χ3n) is 4.29. The molecule has 28 heavy (non-hydrogen) atoms. The van der Waals surface area contributed by atoms with Crippen molar-refractivity contribution >= 4 is 29.1 Å². The molecule has 11 heteroatoms. The van der Waals surface area contributed by atoms with E-state index in [1.807, 2.05) is 12.4 Å². The van der Waals surface area contributed by atoms with Gasteiger partial charge in [0.15, 0.2) is 5.65 Å². The largest absolute Gasteiger partial charge is 0.390 e. The fraction of sp³-hybridized carbons (Fsp3) is 0.294. The maximum absolute atomic E-state index is 12.2. The third kappa shape index (κ3) is 3.84. The first-order valence-corrected chi connectivity index (χ1v) is 9.32. The number of hydrogen-bond acceptors (Lipinski definition) is 6. The minimum Gasteiger partial charge on any atom is -0.351 e. The number of aromatic nitrogens is 3. The molecule has 0 bridgehead atoms. The molecule has 3 aromatic rings. The van der Waals surface area contributed by atoms with Gasteiger partial charge < -0.3 is 10.7 Å². The zero-order chi connectivity index (χ0) is 19.7. The fourth-order valence-corrected chi connectivity index (χ4v) is 3.66. The lowest BCUT2D eigenvalue weighted by molar-refractivity contribution is -0.132. The number of fused-ring (bicyclic) bond motifs is 1. The van der Waals surface area contributed by atoms with Crippen molar-refractivity contribution in [3.05, 3.63) is 40.5 Å². The van der Waals surface area contributed by atoms with Gasteiger partial charge in [0, 0.05) is 43.2 Å². The number of carbonyl (C=O) groups is 1. The van der Waals surface area contributed by atoms with Crippen molar-refractivity contribution in [2.75, 3.05) is 13.1 Å². The van der Waals surface area contributed by atoms with Crippen LogP contribution in [-0.2, 0) is 0 Å². The summed E-state index contributed by atoms with van der Waals surface area (Å²) < 4.78 is 38.3. The van der Waals surface area contributed by atoms with Gasteiger partial charge in [-0.15, -0.1) is 11.3 Å². The molecule has 0 fully saturated rings. The Labute approximate surface area is 161 Å². The monoisotopic (exact) mass is 408 g/mol. The van der Waals surface area contributed by atoms with E-state index >= 15 is 0 Å². The summed E-state index contributed by atoms with van der Waals surface area (Å²) in [6, 6.07) is 1.63. The summed E-state index contributed by atoms with van der Waals surface area (Å²) in [5.41, 5.74) is 6.00. The van der Waals surface area contributed by atoms with Gasteiger partial charge in [0.25, 0.3) is 5.91 Å². The maximum atomic E-state index is 12.2. The highest BCUT2D eigenvalue weighted by Crippen LogP contribution is 2.29. The summed E-state index contributed by atoms with van der Waals surface area (Å²) in [5, 5.41) is 12.4. The van der Waals surface area contributed by atoms with Gasteiger partial charge in [0.1, 0.15) is 0 Å². The Bertz CT molecular complexity index is 1040. The predicted molar refractivity (Wildman–Crippen MR) is 98.5 cm³/mol. The van der Waals surface area contributed by atoms with Crippen LogP contribution < -0.4 is 10.7 Å². The molecule has 0 radical (unpaired) electrons. The molecule has 2 N–H and O–H groups in total. The summed E-state index contributed by atoms with van der Waals surface area (Å²) in [6.07, 6.45) is 1.76. The van der Waals surface area contributed by atoms with Crippen LogP contribution in [0.2, 0.25) is 0 Å². The van der Waals surface area contributed by atoms with Crippen molar-refractivity contribution in [2.45, 2.75) is 18.5 Å². The van der Waals surface area contributed by atoms with E-state index in [1.54, 1.807) is 28.4 Å². The average molecular weight is 408 g/mol. The summed E-state index contributed by atoms with van der Waals surface area (Å²) in [5.74, 6) is -0.391. The molecule has 7 nitrogen and oxygen atoms in total. The van der Waals surface area contributed by atoms with Crippen molar-refractivity contribution in [2.24, 2.45) is 5.10 Å². The van der Waals surface area contributed by atoms with Crippen LogP contribution in [-0.4, -0.2) is 46.0 Å². The van der Waals surface area contributed by atoms with Crippen LogP contribution in [0.25, 0.3) is 16.8 Å².